The van der Waals surface area contributed by atoms with E-state index in [1.54, 1.807) is 0 Å². The number of aliphatic hydroxyl groups is 8. The van der Waals surface area contributed by atoms with Crippen molar-refractivity contribution >= 4 is 0 Å². The van der Waals surface area contributed by atoms with Gasteiger partial charge in [0.1, 0.15) is 66.8 Å². The molecule has 8 fully saturated rings. The van der Waals surface area contributed by atoms with E-state index in [-0.39, 0.29) is 28.8 Å². The number of aliphatic hydroxyl groups excluding tert-OH is 8. The summed E-state index contributed by atoms with van der Waals surface area (Å²) in [4.78, 5) is 0. The first kappa shape index (κ1) is 45.3. The van der Waals surface area contributed by atoms with E-state index in [1.165, 1.54) is 38.7 Å². The van der Waals surface area contributed by atoms with E-state index in [9.17, 15) is 40.9 Å². The summed E-state index contributed by atoms with van der Waals surface area (Å²) in [6.45, 7) is 13.2. The molecule has 9 aliphatic rings. The Morgan fingerprint density at radius 1 is 0.705 bits per heavy atom. The standard InChI is InChI=1S/C45H73NO15/c1-19-9-14-45(46-17-19)20(2)30-28(61-45)16-27-25-8-7-23-15-24(10-12-43(23,5)26(25)11-13-44(27,30)6)57-42-39(60-41-37(54)35(52)32(49)22(4)56-41)38(33(50)29(18-47)58-42)59-40-36(53)34(51)31(48)21(3)55-40/h7,19-22,24-42,46-54H,8-18H2,1-6H3/t19-,20+,21-,22-,24+,25-,26-,27+,28+,29+,30+,31+,32-,33+,34-,35+,36+,37+,38-,39+,40+,41+,42+,43+,44+,45+/m1/s1. The molecule has 3 saturated carbocycles. The van der Waals surface area contributed by atoms with Crippen molar-refractivity contribution in [3.63, 3.8) is 0 Å². The predicted octanol–water partition coefficient (Wildman–Crippen LogP) is 0.815. The lowest BCUT2D eigenvalue weighted by Crippen LogP contribution is -2.67. The Balaban J connectivity index is 0.937. The fourth-order valence-corrected chi connectivity index (χ4v) is 14.1. The van der Waals surface area contributed by atoms with Gasteiger partial charge in [0.2, 0.25) is 0 Å². The van der Waals surface area contributed by atoms with Crippen LogP contribution in [-0.2, 0) is 33.2 Å². The number of hydrogen-bond acceptors (Lipinski definition) is 16. The molecule has 0 unspecified atom stereocenters. The Labute approximate surface area is 359 Å². The smallest absolute Gasteiger partial charge is 0.187 e. The third-order valence-corrected chi connectivity index (χ3v) is 17.9. The van der Waals surface area contributed by atoms with Crippen molar-refractivity contribution in [3.05, 3.63) is 11.6 Å². The summed E-state index contributed by atoms with van der Waals surface area (Å²) in [7, 11) is 0. The first-order valence-electron chi connectivity index (χ1n) is 23.3. The largest absolute Gasteiger partial charge is 0.394 e. The van der Waals surface area contributed by atoms with Gasteiger partial charge in [0.25, 0.3) is 0 Å². The molecule has 0 aromatic heterocycles. The van der Waals surface area contributed by atoms with Gasteiger partial charge in [-0.2, -0.15) is 0 Å². The lowest BCUT2D eigenvalue weighted by molar-refractivity contribution is -0.393. The monoisotopic (exact) mass is 867 g/mol. The Kier molecular flexibility index (Phi) is 12.4. The molecule has 0 aromatic carbocycles. The van der Waals surface area contributed by atoms with Gasteiger partial charge in [-0.15, -0.1) is 0 Å². The van der Waals surface area contributed by atoms with Crippen molar-refractivity contribution in [2.24, 2.45) is 46.3 Å². The Hall–Kier alpha value is -0.900. The summed E-state index contributed by atoms with van der Waals surface area (Å²) in [5, 5.41) is 89.7. The molecule has 4 aliphatic carbocycles. The summed E-state index contributed by atoms with van der Waals surface area (Å²) in [6, 6.07) is 0. The molecule has 5 aliphatic heterocycles. The molecule has 1 spiro atoms. The number of fused-ring (bicyclic) bond motifs is 7. The minimum absolute atomic E-state index is 0.0148. The van der Waals surface area contributed by atoms with Crippen LogP contribution in [0.3, 0.4) is 0 Å². The maximum Gasteiger partial charge on any atom is 0.187 e. The average molecular weight is 868 g/mol. The second-order valence-electron chi connectivity index (χ2n) is 21.2. The van der Waals surface area contributed by atoms with Crippen LogP contribution < -0.4 is 5.32 Å². The number of nitrogens with one attached hydrogen (secondary N) is 1. The minimum Gasteiger partial charge on any atom is -0.394 e. The topological polar surface area (TPSA) is 238 Å². The molecule has 5 heterocycles. The van der Waals surface area contributed by atoms with Gasteiger partial charge in [0.15, 0.2) is 18.9 Å². The van der Waals surface area contributed by atoms with E-state index in [4.69, 9.17) is 33.2 Å². The molecule has 9 rings (SSSR count). The molecule has 5 saturated heterocycles. The Morgan fingerprint density at radius 3 is 1.98 bits per heavy atom. The van der Waals surface area contributed by atoms with E-state index in [1.807, 2.05) is 0 Å². The summed E-state index contributed by atoms with van der Waals surface area (Å²) in [5.41, 5.74) is 1.38. The van der Waals surface area contributed by atoms with Gasteiger partial charge in [-0.05, 0) is 112 Å². The molecule has 16 nitrogen and oxygen atoms in total. The van der Waals surface area contributed by atoms with Crippen molar-refractivity contribution < 1.29 is 74.0 Å². The number of hydrogen-bond donors (Lipinski definition) is 9. The van der Waals surface area contributed by atoms with Gasteiger partial charge in [0, 0.05) is 12.5 Å². The summed E-state index contributed by atoms with van der Waals surface area (Å²) in [6.07, 6.45) is -10.2. The average Bonchev–Trinajstić information content (AvgIpc) is 3.69. The highest BCUT2D eigenvalue weighted by Gasteiger charge is 2.68. The molecule has 0 bridgehead atoms. The maximum absolute atomic E-state index is 11.6. The maximum atomic E-state index is 11.6. The fourth-order valence-electron chi connectivity index (χ4n) is 14.1. The quantitative estimate of drug-likeness (QED) is 0.161. The third kappa shape index (κ3) is 7.42. The van der Waals surface area contributed by atoms with Crippen LogP contribution >= 0.6 is 0 Å². The normalized spacial score (nSPS) is 58.4. The molecule has 348 valence electrons. The molecule has 0 aromatic rings. The van der Waals surface area contributed by atoms with E-state index in [0.29, 0.717) is 48.3 Å². The summed E-state index contributed by atoms with van der Waals surface area (Å²) in [5.74, 6) is 3.40. The van der Waals surface area contributed by atoms with E-state index >= 15 is 0 Å². The second kappa shape index (κ2) is 16.8. The van der Waals surface area contributed by atoms with Crippen molar-refractivity contribution in [2.45, 2.75) is 209 Å². The Bertz CT molecular complexity index is 1600. The van der Waals surface area contributed by atoms with Gasteiger partial charge in [-0.1, -0.05) is 39.3 Å². The minimum atomic E-state index is -1.73. The first-order chi connectivity index (χ1) is 28.9. The SMILES string of the molecule is C[C@@H]1CC[C@]2(NC1)O[C@H]1C[C@H]3[C@@H]4CC=C5C[C@@H](O[C@H]6O[C@@H](CO)[C@H](O)[C@@H](O[C@@H]7O[C@H](C)[C@H](O)[C@@H](O)[C@@H]7O)[C@@H]6O[C@@H]6O[C@H](C)[C@@H](O)[C@H](O)[C@@H]6O)CC[C@]5(C)[C@@H]4CC[C@]3(C)[C@H]1[C@@H]2C. The van der Waals surface area contributed by atoms with E-state index in [0.717, 1.165) is 32.2 Å². The zero-order valence-electron chi connectivity index (χ0n) is 36.6. The Morgan fingerprint density at radius 2 is 1.36 bits per heavy atom. The number of rotatable bonds is 7. The molecule has 26 atom stereocenters. The van der Waals surface area contributed by atoms with Crippen molar-refractivity contribution in [1.82, 2.24) is 5.32 Å². The summed E-state index contributed by atoms with van der Waals surface area (Å²) >= 11 is 0. The van der Waals surface area contributed by atoms with Crippen LogP contribution in [0.1, 0.15) is 99.3 Å². The summed E-state index contributed by atoms with van der Waals surface area (Å²) < 4.78 is 44.1. The van der Waals surface area contributed by atoms with Crippen LogP contribution in [0.25, 0.3) is 0 Å². The lowest BCUT2D eigenvalue weighted by Gasteiger charge is -2.59. The molecular formula is C45H73NO15. The van der Waals surface area contributed by atoms with Gasteiger partial charge in [-0.25, -0.2) is 0 Å². The van der Waals surface area contributed by atoms with Crippen molar-refractivity contribution in [2.75, 3.05) is 13.2 Å². The molecule has 0 radical (unpaired) electrons. The number of ether oxygens (including phenoxy) is 7. The van der Waals surface area contributed by atoms with E-state index in [2.05, 4.69) is 39.1 Å². The predicted molar refractivity (Wildman–Crippen MR) is 215 cm³/mol. The van der Waals surface area contributed by atoms with Gasteiger partial charge < -0.3 is 74.0 Å². The highest BCUT2D eigenvalue weighted by molar-refractivity contribution is 5.26. The fraction of sp³-hybridized carbons (Fsp3) is 0.956. The van der Waals surface area contributed by atoms with Crippen LogP contribution in [0, 0.1) is 46.3 Å². The van der Waals surface area contributed by atoms with Gasteiger partial charge in [0.05, 0.1) is 31.0 Å². The van der Waals surface area contributed by atoms with Gasteiger partial charge in [-0.3, -0.25) is 5.32 Å². The van der Waals surface area contributed by atoms with Crippen molar-refractivity contribution in [1.29, 1.82) is 0 Å². The second-order valence-corrected chi connectivity index (χ2v) is 21.2. The zero-order chi connectivity index (χ0) is 43.5. The molecule has 16 heteroatoms. The first-order valence-corrected chi connectivity index (χ1v) is 23.3. The third-order valence-electron chi connectivity index (χ3n) is 17.9. The van der Waals surface area contributed by atoms with Crippen LogP contribution in [0.4, 0.5) is 0 Å². The molecule has 9 N–H and O–H groups in total. The van der Waals surface area contributed by atoms with Crippen molar-refractivity contribution in [3.8, 4) is 0 Å². The van der Waals surface area contributed by atoms with Crippen LogP contribution in [0.2, 0.25) is 0 Å². The zero-order valence-corrected chi connectivity index (χ0v) is 36.6. The highest BCUT2D eigenvalue weighted by atomic mass is 16.8. The van der Waals surface area contributed by atoms with Crippen LogP contribution in [0.5, 0.6) is 0 Å². The van der Waals surface area contributed by atoms with Crippen LogP contribution in [0.15, 0.2) is 11.6 Å². The van der Waals surface area contributed by atoms with Gasteiger partial charge >= 0.3 is 0 Å². The number of allylic oxidation sites excluding steroid dienone is 1. The highest BCUT2D eigenvalue weighted by Crippen LogP contribution is 2.70. The molecular weight excluding hydrogens is 794 g/mol. The number of piperidine rings is 1. The lowest BCUT2D eigenvalue weighted by atomic mass is 9.47. The van der Waals surface area contributed by atoms with Crippen LogP contribution in [-0.4, -0.2) is 164 Å². The van der Waals surface area contributed by atoms with E-state index < -0.39 is 98.7 Å². The molecule has 0 amide bonds. The molecule has 61 heavy (non-hydrogen) atoms.